The van der Waals surface area contributed by atoms with Crippen LogP contribution in [0.5, 0.6) is 0 Å². The number of amides is 1. The number of carbonyl (C=O) groups is 2. The molecule has 0 radical (unpaired) electrons. The summed E-state index contributed by atoms with van der Waals surface area (Å²) in [5.74, 6) is -0.531. The number of hydrogen-bond acceptors (Lipinski definition) is 6. The van der Waals surface area contributed by atoms with E-state index in [0.29, 0.717) is 19.6 Å². The first-order valence-electron chi connectivity index (χ1n) is 8.53. The van der Waals surface area contributed by atoms with Gasteiger partial charge in [0.25, 0.3) is 0 Å². The third kappa shape index (κ3) is 4.45. The molecule has 7 nitrogen and oxygen atoms in total. The molecule has 1 aliphatic heterocycles. The van der Waals surface area contributed by atoms with Crippen LogP contribution in [0.25, 0.3) is 0 Å². The molecule has 1 aliphatic rings. The van der Waals surface area contributed by atoms with E-state index >= 15 is 0 Å². The number of nitrogens with zero attached hydrogens (tertiary/aromatic N) is 3. The normalized spacial score (nSPS) is 17.5. The van der Waals surface area contributed by atoms with Crippen molar-refractivity contribution in [2.24, 2.45) is 0 Å². The van der Waals surface area contributed by atoms with Crippen LogP contribution in [0.2, 0.25) is 0 Å². The van der Waals surface area contributed by atoms with Crippen molar-refractivity contribution in [1.29, 1.82) is 5.26 Å². The number of piperazine rings is 1. The molecule has 2 rings (SSSR count). The summed E-state index contributed by atoms with van der Waals surface area (Å²) in [6.07, 6.45) is -0.316. The van der Waals surface area contributed by atoms with Crippen LogP contribution in [0, 0.1) is 11.3 Å². The SMILES string of the molecule is COC(=O)c1ccc(N2CCN(C(=O)OC(C)(C)C)[C@H](C)C2)cc1C#N. The molecule has 0 N–H and O–H groups in total. The van der Waals surface area contributed by atoms with Crippen molar-refractivity contribution < 1.29 is 19.1 Å². The highest BCUT2D eigenvalue weighted by molar-refractivity contribution is 5.92. The van der Waals surface area contributed by atoms with E-state index in [2.05, 4.69) is 4.90 Å². The second-order valence-electron chi connectivity index (χ2n) is 7.30. The topological polar surface area (TPSA) is 82.9 Å². The van der Waals surface area contributed by atoms with Crippen molar-refractivity contribution in [2.75, 3.05) is 31.6 Å². The highest BCUT2D eigenvalue weighted by Crippen LogP contribution is 2.24. The standard InChI is InChI=1S/C19H25N3O4/c1-13-12-21(8-9-22(13)18(24)26-19(2,3)4)15-6-7-16(17(23)25-5)14(10-15)11-20/h6-7,10,13H,8-9,12H2,1-5H3/t13-/m1/s1. The maximum absolute atomic E-state index is 12.3. The molecule has 1 aromatic rings. The summed E-state index contributed by atoms with van der Waals surface area (Å²) in [4.78, 5) is 27.8. The molecule has 1 amide bonds. The summed E-state index contributed by atoms with van der Waals surface area (Å²) in [5.41, 5.74) is 0.833. The third-order valence-electron chi connectivity index (χ3n) is 4.15. The zero-order valence-corrected chi connectivity index (χ0v) is 15.9. The highest BCUT2D eigenvalue weighted by Gasteiger charge is 2.31. The number of nitriles is 1. The Kier molecular flexibility index (Phi) is 5.76. The number of hydrogen-bond donors (Lipinski definition) is 0. The number of anilines is 1. The Labute approximate surface area is 154 Å². The van der Waals surface area contributed by atoms with E-state index in [-0.39, 0.29) is 23.3 Å². The highest BCUT2D eigenvalue weighted by atomic mass is 16.6. The summed E-state index contributed by atoms with van der Waals surface area (Å²) in [6.45, 7) is 9.25. The molecule has 0 aliphatic carbocycles. The van der Waals surface area contributed by atoms with Crippen molar-refractivity contribution in [2.45, 2.75) is 39.3 Å². The number of methoxy groups -OCH3 is 1. The summed E-state index contributed by atoms with van der Waals surface area (Å²) in [5, 5.41) is 9.31. The fraction of sp³-hybridized carbons (Fsp3) is 0.526. The molecule has 1 aromatic carbocycles. The summed E-state index contributed by atoms with van der Waals surface area (Å²) in [6, 6.07) is 7.08. The number of ether oxygens (including phenoxy) is 2. The Morgan fingerprint density at radius 2 is 1.96 bits per heavy atom. The van der Waals surface area contributed by atoms with Crippen LogP contribution in [0.1, 0.15) is 43.6 Å². The quantitative estimate of drug-likeness (QED) is 0.755. The van der Waals surface area contributed by atoms with Gasteiger partial charge < -0.3 is 19.3 Å². The maximum atomic E-state index is 12.3. The van der Waals surface area contributed by atoms with Gasteiger partial charge in [0.05, 0.1) is 18.2 Å². The fourth-order valence-electron chi connectivity index (χ4n) is 2.89. The van der Waals surface area contributed by atoms with Gasteiger partial charge in [-0.15, -0.1) is 0 Å². The molecular weight excluding hydrogens is 334 g/mol. The van der Waals surface area contributed by atoms with E-state index in [4.69, 9.17) is 9.47 Å². The Morgan fingerprint density at radius 3 is 2.50 bits per heavy atom. The number of esters is 1. The number of rotatable bonds is 2. The van der Waals surface area contributed by atoms with Gasteiger partial charge in [-0.3, -0.25) is 0 Å². The summed E-state index contributed by atoms with van der Waals surface area (Å²) in [7, 11) is 1.29. The Hall–Kier alpha value is -2.75. The van der Waals surface area contributed by atoms with Crippen LogP contribution >= 0.6 is 0 Å². The van der Waals surface area contributed by atoms with E-state index in [1.54, 1.807) is 23.1 Å². The van der Waals surface area contributed by atoms with Gasteiger partial charge in [-0.25, -0.2) is 9.59 Å². The van der Waals surface area contributed by atoms with Crippen molar-refractivity contribution in [3.63, 3.8) is 0 Å². The van der Waals surface area contributed by atoms with Crippen LogP contribution in [0.3, 0.4) is 0 Å². The van der Waals surface area contributed by atoms with Crippen molar-refractivity contribution in [3.8, 4) is 6.07 Å². The second-order valence-corrected chi connectivity index (χ2v) is 7.30. The van der Waals surface area contributed by atoms with Gasteiger partial charge in [-0.1, -0.05) is 0 Å². The van der Waals surface area contributed by atoms with E-state index < -0.39 is 11.6 Å². The zero-order chi connectivity index (χ0) is 19.5. The fourth-order valence-corrected chi connectivity index (χ4v) is 2.89. The van der Waals surface area contributed by atoms with Gasteiger partial charge >= 0.3 is 12.1 Å². The lowest BCUT2D eigenvalue weighted by atomic mass is 10.1. The van der Waals surface area contributed by atoms with E-state index in [1.165, 1.54) is 7.11 Å². The molecule has 0 aromatic heterocycles. The zero-order valence-electron chi connectivity index (χ0n) is 15.9. The molecule has 1 fully saturated rings. The van der Waals surface area contributed by atoms with Gasteiger partial charge in [0.2, 0.25) is 0 Å². The largest absolute Gasteiger partial charge is 0.465 e. The Morgan fingerprint density at radius 1 is 1.27 bits per heavy atom. The summed E-state index contributed by atoms with van der Waals surface area (Å²) >= 11 is 0. The average molecular weight is 359 g/mol. The predicted molar refractivity (Wildman–Crippen MR) is 97.1 cm³/mol. The lowest BCUT2D eigenvalue weighted by molar-refractivity contribution is 0.0159. The molecule has 0 saturated carbocycles. The molecule has 1 saturated heterocycles. The molecule has 0 spiro atoms. The number of carbonyl (C=O) groups excluding carboxylic acids is 2. The van der Waals surface area contributed by atoms with Gasteiger partial charge in [0.15, 0.2) is 0 Å². The molecule has 1 heterocycles. The molecule has 0 bridgehead atoms. The van der Waals surface area contributed by atoms with Gasteiger partial charge in [-0.05, 0) is 45.9 Å². The average Bonchev–Trinajstić information content (AvgIpc) is 2.58. The van der Waals surface area contributed by atoms with Crippen LogP contribution in [-0.4, -0.2) is 55.3 Å². The first kappa shape index (κ1) is 19.6. The Balaban J connectivity index is 2.13. The van der Waals surface area contributed by atoms with Gasteiger partial charge in [-0.2, -0.15) is 5.26 Å². The number of benzene rings is 1. The molecule has 140 valence electrons. The van der Waals surface area contributed by atoms with Gasteiger partial charge in [0.1, 0.15) is 11.7 Å². The van der Waals surface area contributed by atoms with Crippen molar-refractivity contribution >= 4 is 17.7 Å². The second kappa shape index (κ2) is 7.65. The van der Waals surface area contributed by atoms with Crippen LogP contribution in [0.4, 0.5) is 10.5 Å². The van der Waals surface area contributed by atoms with Crippen LogP contribution in [0.15, 0.2) is 18.2 Å². The maximum Gasteiger partial charge on any atom is 0.410 e. The first-order chi connectivity index (χ1) is 12.2. The van der Waals surface area contributed by atoms with Crippen LogP contribution in [-0.2, 0) is 9.47 Å². The monoisotopic (exact) mass is 359 g/mol. The van der Waals surface area contributed by atoms with E-state index in [9.17, 15) is 14.9 Å². The van der Waals surface area contributed by atoms with Crippen molar-refractivity contribution in [1.82, 2.24) is 4.90 Å². The first-order valence-corrected chi connectivity index (χ1v) is 8.53. The molecule has 1 atom stereocenters. The molecule has 7 heteroatoms. The minimum Gasteiger partial charge on any atom is -0.465 e. The van der Waals surface area contributed by atoms with E-state index in [0.717, 1.165) is 5.69 Å². The molecule has 26 heavy (non-hydrogen) atoms. The third-order valence-corrected chi connectivity index (χ3v) is 4.15. The Bertz CT molecular complexity index is 733. The van der Waals surface area contributed by atoms with Crippen LogP contribution < -0.4 is 4.90 Å². The lowest BCUT2D eigenvalue weighted by Gasteiger charge is -2.41. The lowest BCUT2D eigenvalue weighted by Crippen LogP contribution is -2.55. The molecular formula is C19H25N3O4. The van der Waals surface area contributed by atoms with E-state index in [1.807, 2.05) is 33.8 Å². The summed E-state index contributed by atoms with van der Waals surface area (Å²) < 4.78 is 10.2. The smallest absolute Gasteiger partial charge is 0.410 e. The minimum atomic E-state index is -0.531. The predicted octanol–water partition coefficient (Wildman–Crippen LogP) is 2.79. The minimum absolute atomic E-state index is 0.0376. The molecule has 0 unspecified atom stereocenters. The van der Waals surface area contributed by atoms with Gasteiger partial charge in [0, 0.05) is 31.4 Å². The van der Waals surface area contributed by atoms with Crippen molar-refractivity contribution in [3.05, 3.63) is 29.3 Å².